The summed E-state index contributed by atoms with van der Waals surface area (Å²) in [7, 11) is 0. The maximum Gasteiger partial charge on any atom is 0.262 e. The van der Waals surface area contributed by atoms with E-state index < -0.39 is 6.10 Å². The molecular weight excluding hydrogens is 132 g/mol. The van der Waals surface area contributed by atoms with Crippen molar-refractivity contribution in [2.75, 3.05) is 0 Å². The molecule has 4 nitrogen and oxygen atoms in total. The van der Waals surface area contributed by atoms with E-state index in [1.54, 1.807) is 6.92 Å². The Hall–Kier alpha value is -0.610. The Morgan fingerprint density at radius 1 is 1.50 bits per heavy atom. The Morgan fingerprint density at radius 2 is 2.00 bits per heavy atom. The quantitative estimate of drug-likeness (QED) is 0.329. The second-order valence-electron chi connectivity index (χ2n) is 2.34. The van der Waals surface area contributed by atoms with E-state index in [-0.39, 0.29) is 12.0 Å². The highest BCUT2D eigenvalue weighted by atomic mass is 16.5. The summed E-state index contributed by atoms with van der Waals surface area (Å²) in [5.41, 5.74) is 2.01. The Morgan fingerprint density at radius 3 is 2.30 bits per heavy atom. The molecule has 0 saturated heterocycles. The van der Waals surface area contributed by atoms with E-state index in [0.29, 0.717) is 0 Å². The van der Waals surface area contributed by atoms with Crippen LogP contribution in [0.25, 0.3) is 0 Å². The van der Waals surface area contributed by atoms with Crippen molar-refractivity contribution in [1.82, 2.24) is 5.43 Å². The van der Waals surface area contributed by atoms with Gasteiger partial charge in [0.05, 0.1) is 6.10 Å². The average Bonchev–Trinajstić information content (AvgIpc) is 1.85. The van der Waals surface area contributed by atoms with Crippen LogP contribution in [0.2, 0.25) is 0 Å². The molecule has 0 bridgehead atoms. The van der Waals surface area contributed by atoms with Gasteiger partial charge in [-0.15, -0.1) is 0 Å². The Labute approximate surface area is 60.7 Å². The number of hydrogen-bond donors (Lipinski definition) is 2. The van der Waals surface area contributed by atoms with Gasteiger partial charge in [0.2, 0.25) is 0 Å². The molecule has 0 aliphatic rings. The van der Waals surface area contributed by atoms with Gasteiger partial charge in [-0.05, 0) is 20.8 Å². The Kier molecular flexibility index (Phi) is 3.99. The van der Waals surface area contributed by atoms with E-state index in [0.717, 1.165) is 0 Å². The fourth-order valence-electron chi connectivity index (χ4n) is 0.587. The van der Waals surface area contributed by atoms with Crippen molar-refractivity contribution in [1.29, 1.82) is 0 Å². The zero-order chi connectivity index (χ0) is 8.15. The topological polar surface area (TPSA) is 64.3 Å². The van der Waals surface area contributed by atoms with Gasteiger partial charge in [-0.2, -0.15) is 0 Å². The molecule has 4 heteroatoms. The summed E-state index contributed by atoms with van der Waals surface area (Å²) in [5, 5.41) is 0. The van der Waals surface area contributed by atoms with Crippen LogP contribution < -0.4 is 11.3 Å². The average molecular weight is 146 g/mol. The van der Waals surface area contributed by atoms with Crippen molar-refractivity contribution in [3.8, 4) is 0 Å². The third-order valence-electron chi connectivity index (χ3n) is 0.988. The lowest BCUT2D eigenvalue weighted by atomic mass is 10.3. The smallest absolute Gasteiger partial charge is 0.262 e. The highest BCUT2D eigenvalue weighted by Crippen LogP contribution is 1.95. The molecule has 60 valence electrons. The fraction of sp³-hybridized carbons (Fsp3) is 0.833. The monoisotopic (exact) mass is 146 g/mol. The zero-order valence-electron chi connectivity index (χ0n) is 6.55. The molecule has 0 heterocycles. The van der Waals surface area contributed by atoms with Crippen LogP contribution in [0.5, 0.6) is 0 Å². The van der Waals surface area contributed by atoms with Crippen LogP contribution in [0.15, 0.2) is 0 Å². The lowest BCUT2D eigenvalue weighted by Crippen LogP contribution is -2.39. The van der Waals surface area contributed by atoms with E-state index in [1.807, 2.05) is 19.3 Å². The molecule has 0 aliphatic heterocycles. The predicted octanol–water partition coefficient (Wildman–Crippen LogP) is -0.210. The number of hydrogen-bond acceptors (Lipinski definition) is 3. The van der Waals surface area contributed by atoms with Gasteiger partial charge in [-0.1, -0.05) is 0 Å². The van der Waals surface area contributed by atoms with Crippen LogP contribution in [-0.2, 0) is 9.53 Å². The summed E-state index contributed by atoms with van der Waals surface area (Å²) in [6.07, 6.45) is -0.419. The summed E-state index contributed by atoms with van der Waals surface area (Å²) < 4.78 is 5.11. The normalized spacial score (nSPS) is 13.3. The highest BCUT2D eigenvalue weighted by Gasteiger charge is 2.12. The zero-order valence-corrected chi connectivity index (χ0v) is 6.55. The molecule has 0 saturated carbocycles. The number of carbonyl (C=O) groups excluding carboxylic acids is 1. The molecule has 0 spiro atoms. The van der Waals surface area contributed by atoms with Crippen LogP contribution in [-0.4, -0.2) is 18.1 Å². The van der Waals surface area contributed by atoms with E-state index in [2.05, 4.69) is 0 Å². The van der Waals surface area contributed by atoms with E-state index >= 15 is 0 Å². The molecule has 0 aromatic rings. The second kappa shape index (κ2) is 4.24. The van der Waals surface area contributed by atoms with Crippen LogP contribution >= 0.6 is 0 Å². The number of hydrazine groups is 1. The minimum absolute atomic E-state index is 0.0484. The number of ether oxygens (including phenoxy) is 1. The number of carbonyl (C=O) groups is 1. The highest BCUT2D eigenvalue weighted by molar-refractivity contribution is 5.79. The summed E-state index contributed by atoms with van der Waals surface area (Å²) in [6, 6.07) is 0. The van der Waals surface area contributed by atoms with Gasteiger partial charge >= 0.3 is 0 Å². The third-order valence-corrected chi connectivity index (χ3v) is 0.988. The van der Waals surface area contributed by atoms with Gasteiger partial charge in [-0.25, -0.2) is 5.84 Å². The van der Waals surface area contributed by atoms with Gasteiger partial charge in [0.25, 0.3) is 5.91 Å². The second-order valence-corrected chi connectivity index (χ2v) is 2.34. The molecule has 1 amide bonds. The third kappa shape index (κ3) is 3.42. The standard InChI is InChI=1S/C6H14N2O2/c1-4(2)10-5(3)6(9)8-7/h4-5H,7H2,1-3H3,(H,8,9)/t5-/m1/s1. The van der Waals surface area contributed by atoms with E-state index in [1.165, 1.54) is 0 Å². The van der Waals surface area contributed by atoms with Gasteiger partial charge in [0.15, 0.2) is 0 Å². The first kappa shape index (κ1) is 9.39. The molecule has 10 heavy (non-hydrogen) atoms. The van der Waals surface area contributed by atoms with Gasteiger partial charge in [-0.3, -0.25) is 10.2 Å². The van der Waals surface area contributed by atoms with Crippen molar-refractivity contribution >= 4 is 5.91 Å². The number of rotatable bonds is 3. The molecule has 0 unspecified atom stereocenters. The first-order chi connectivity index (χ1) is 4.57. The Balaban J connectivity index is 3.61. The number of nitrogens with one attached hydrogen (secondary N) is 1. The van der Waals surface area contributed by atoms with Gasteiger partial charge in [0, 0.05) is 0 Å². The van der Waals surface area contributed by atoms with Crippen LogP contribution in [0, 0.1) is 0 Å². The van der Waals surface area contributed by atoms with E-state index in [9.17, 15) is 4.79 Å². The fourth-order valence-corrected chi connectivity index (χ4v) is 0.587. The van der Waals surface area contributed by atoms with Crippen molar-refractivity contribution in [3.05, 3.63) is 0 Å². The van der Waals surface area contributed by atoms with Crippen LogP contribution in [0.3, 0.4) is 0 Å². The molecule has 0 aromatic heterocycles. The molecular formula is C6H14N2O2. The summed E-state index contributed by atoms with van der Waals surface area (Å²) in [6.45, 7) is 5.38. The summed E-state index contributed by atoms with van der Waals surface area (Å²) in [4.78, 5) is 10.7. The molecule has 1 atom stereocenters. The van der Waals surface area contributed by atoms with Crippen molar-refractivity contribution < 1.29 is 9.53 Å². The van der Waals surface area contributed by atoms with Crippen LogP contribution in [0.1, 0.15) is 20.8 Å². The number of nitrogens with two attached hydrogens (primary N) is 1. The summed E-state index contributed by atoms with van der Waals surface area (Å²) >= 11 is 0. The number of amides is 1. The maximum atomic E-state index is 10.7. The van der Waals surface area contributed by atoms with Crippen LogP contribution in [0.4, 0.5) is 0 Å². The lowest BCUT2D eigenvalue weighted by molar-refractivity contribution is -0.134. The first-order valence-electron chi connectivity index (χ1n) is 3.23. The molecule has 0 aliphatic carbocycles. The first-order valence-corrected chi connectivity index (χ1v) is 3.23. The molecule has 0 aromatic carbocycles. The minimum Gasteiger partial charge on any atom is -0.366 e. The minimum atomic E-state index is -0.468. The van der Waals surface area contributed by atoms with Gasteiger partial charge in [0.1, 0.15) is 6.10 Å². The predicted molar refractivity (Wildman–Crippen MR) is 38.0 cm³/mol. The summed E-state index contributed by atoms with van der Waals surface area (Å²) in [5.74, 6) is 4.57. The lowest BCUT2D eigenvalue weighted by Gasteiger charge is -2.13. The Bertz CT molecular complexity index is 114. The molecule has 3 N–H and O–H groups in total. The maximum absolute atomic E-state index is 10.7. The van der Waals surface area contributed by atoms with Gasteiger partial charge < -0.3 is 4.74 Å². The largest absolute Gasteiger partial charge is 0.366 e. The SMILES string of the molecule is CC(C)O[C@H](C)C(=O)NN. The van der Waals surface area contributed by atoms with Crippen molar-refractivity contribution in [2.24, 2.45) is 5.84 Å². The van der Waals surface area contributed by atoms with Crippen molar-refractivity contribution in [2.45, 2.75) is 33.0 Å². The van der Waals surface area contributed by atoms with Crippen molar-refractivity contribution in [3.63, 3.8) is 0 Å². The molecule has 0 rings (SSSR count). The molecule has 0 radical (unpaired) electrons. The van der Waals surface area contributed by atoms with E-state index in [4.69, 9.17) is 10.6 Å². The molecule has 0 fully saturated rings.